The summed E-state index contributed by atoms with van der Waals surface area (Å²) in [6.07, 6.45) is 4.68. The van der Waals surface area contributed by atoms with E-state index >= 15 is 0 Å². The average Bonchev–Trinajstić information content (AvgIpc) is 3.21. The lowest BCUT2D eigenvalue weighted by Gasteiger charge is -2.05. The third kappa shape index (κ3) is 4.05. The molecule has 0 unspecified atom stereocenters. The Morgan fingerprint density at radius 3 is 2.58 bits per heavy atom. The number of amides is 2. The molecule has 24 heavy (non-hydrogen) atoms. The van der Waals surface area contributed by atoms with Crippen molar-refractivity contribution in [3.63, 3.8) is 0 Å². The van der Waals surface area contributed by atoms with Crippen molar-refractivity contribution in [1.82, 2.24) is 9.97 Å². The number of rotatable bonds is 5. The summed E-state index contributed by atoms with van der Waals surface area (Å²) < 4.78 is 4.92. The van der Waals surface area contributed by atoms with Crippen LogP contribution in [0, 0.1) is 6.92 Å². The molecule has 2 amide bonds. The maximum absolute atomic E-state index is 12.0. The van der Waals surface area contributed by atoms with Crippen LogP contribution in [0.4, 0.5) is 10.8 Å². The summed E-state index contributed by atoms with van der Waals surface area (Å²) in [4.78, 5) is 32.7. The monoisotopic (exact) mass is 342 g/mol. The second kappa shape index (κ2) is 7.05. The van der Waals surface area contributed by atoms with Crippen molar-refractivity contribution in [2.45, 2.75) is 13.3 Å². The number of aromatic nitrogens is 2. The Hall–Kier alpha value is -3.00. The molecule has 3 aromatic rings. The van der Waals surface area contributed by atoms with E-state index in [4.69, 9.17) is 4.42 Å². The Balaban J connectivity index is 1.56. The normalized spacial score (nSPS) is 10.4. The van der Waals surface area contributed by atoms with E-state index in [-0.39, 0.29) is 18.2 Å². The second-order valence-corrected chi connectivity index (χ2v) is 6.22. The molecule has 0 bridgehead atoms. The highest BCUT2D eigenvalue weighted by Gasteiger charge is 2.11. The van der Waals surface area contributed by atoms with Crippen molar-refractivity contribution >= 4 is 34.0 Å². The number of thiazole rings is 1. The SMILES string of the molecule is Cc1cnc(NC(=O)Cc2ccc(NC(=O)c3ncco3)cc2)s1. The smallest absolute Gasteiger partial charge is 0.311 e. The molecule has 0 aliphatic carbocycles. The standard InChI is InChI=1S/C16H14N4O3S/c1-10-9-18-16(24-10)20-13(21)8-11-2-4-12(5-3-11)19-14(22)15-17-6-7-23-15/h2-7,9H,8H2,1H3,(H,19,22)(H,18,20,21). The number of aryl methyl sites for hydroxylation is 1. The molecule has 2 aromatic heterocycles. The van der Waals surface area contributed by atoms with Gasteiger partial charge in [0.15, 0.2) is 5.13 Å². The molecule has 7 nitrogen and oxygen atoms in total. The van der Waals surface area contributed by atoms with Gasteiger partial charge in [-0.2, -0.15) is 0 Å². The summed E-state index contributed by atoms with van der Waals surface area (Å²) in [5, 5.41) is 6.01. The van der Waals surface area contributed by atoms with Crippen molar-refractivity contribution in [1.29, 1.82) is 0 Å². The van der Waals surface area contributed by atoms with Crippen LogP contribution in [0.3, 0.4) is 0 Å². The van der Waals surface area contributed by atoms with Crippen molar-refractivity contribution < 1.29 is 14.0 Å². The Morgan fingerprint density at radius 1 is 1.17 bits per heavy atom. The molecular formula is C16H14N4O3S. The van der Waals surface area contributed by atoms with Gasteiger partial charge in [-0.05, 0) is 24.6 Å². The lowest BCUT2D eigenvalue weighted by molar-refractivity contribution is -0.115. The van der Waals surface area contributed by atoms with Gasteiger partial charge in [0.1, 0.15) is 6.26 Å². The van der Waals surface area contributed by atoms with Gasteiger partial charge in [-0.25, -0.2) is 9.97 Å². The summed E-state index contributed by atoms with van der Waals surface area (Å²) in [5.74, 6) is -0.567. The molecule has 0 aliphatic rings. The van der Waals surface area contributed by atoms with Gasteiger partial charge in [-0.15, -0.1) is 11.3 Å². The number of nitrogens with one attached hydrogen (secondary N) is 2. The van der Waals surface area contributed by atoms with Gasteiger partial charge < -0.3 is 15.1 Å². The molecular weight excluding hydrogens is 328 g/mol. The molecule has 2 N–H and O–H groups in total. The average molecular weight is 342 g/mol. The lowest BCUT2D eigenvalue weighted by atomic mass is 10.1. The third-order valence-electron chi connectivity index (χ3n) is 3.07. The lowest BCUT2D eigenvalue weighted by Crippen LogP contribution is -2.14. The molecule has 1 aromatic carbocycles. The van der Waals surface area contributed by atoms with Crippen molar-refractivity contribution in [2.75, 3.05) is 10.6 Å². The van der Waals surface area contributed by atoms with Crippen LogP contribution in [0.25, 0.3) is 0 Å². The van der Waals surface area contributed by atoms with E-state index in [1.54, 1.807) is 30.5 Å². The first-order valence-electron chi connectivity index (χ1n) is 7.12. The number of hydrogen-bond donors (Lipinski definition) is 2. The molecule has 0 radical (unpaired) electrons. The number of nitrogens with zero attached hydrogens (tertiary/aromatic N) is 2. The summed E-state index contributed by atoms with van der Waals surface area (Å²) in [5.41, 5.74) is 1.42. The molecule has 8 heteroatoms. The fraction of sp³-hybridized carbons (Fsp3) is 0.125. The molecule has 3 rings (SSSR count). The summed E-state index contributed by atoms with van der Waals surface area (Å²) in [7, 11) is 0. The maximum Gasteiger partial charge on any atom is 0.311 e. The maximum atomic E-state index is 12.0. The van der Waals surface area contributed by atoms with Crippen LogP contribution in [-0.4, -0.2) is 21.8 Å². The fourth-order valence-corrected chi connectivity index (χ4v) is 2.67. The highest BCUT2D eigenvalue weighted by Crippen LogP contribution is 2.17. The highest BCUT2D eigenvalue weighted by atomic mass is 32.1. The van der Waals surface area contributed by atoms with E-state index in [1.807, 2.05) is 6.92 Å². The summed E-state index contributed by atoms with van der Waals surface area (Å²) >= 11 is 1.43. The van der Waals surface area contributed by atoms with Crippen LogP contribution in [0.15, 0.2) is 47.3 Å². The largest absolute Gasteiger partial charge is 0.441 e. The summed E-state index contributed by atoms with van der Waals surface area (Å²) in [6.45, 7) is 1.93. The van der Waals surface area contributed by atoms with Crippen LogP contribution in [0.2, 0.25) is 0 Å². The van der Waals surface area contributed by atoms with Gasteiger partial charge in [0, 0.05) is 16.8 Å². The Kier molecular flexibility index (Phi) is 4.66. The van der Waals surface area contributed by atoms with Gasteiger partial charge in [0.25, 0.3) is 5.89 Å². The topological polar surface area (TPSA) is 97.1 Å². The Morgan fingerprint density at radius 2 is 1.96 bits per heavy atom. The Bertz CT molecular complexity index is 841. The number of anilines is 2. The molecule has 0 atom stereocenters. The third-order valence-corrected chi connectivity index (χ3v) is 3.90. The molecule has 0 saturated carbocycles. The van der Waals surface area contributed by atoms with Gasteiger partial charge in [-0.3, -0.25) is 9.59 Å². The van der Waals surface area contributed by atoms with E-state index in [1.165, 1.54) is 23.8 Å². The molecule has 122 valence electrons. The highest BCUT2D eigenvalue weighted by molar-refractivity contribution is 7.15. The van der Waals surface area contributed by atoms with Gasteiger partial charge in [0.05, 0.1) is 12.6 Å². The van der Waals surface area contributed by atoms with Crippen LogP contribution in [0.1, 0.15) is 21.1 Å². The zero-order valence-electron chi connectivity index (χ0n) is 12.8. The summed E-state index contributed by atoms with van der Waals surface area (Å²) in [6, 6.07) is 6.99. The molecule has 0 spiro atoms. The van der Waals surface area contributed by atoms with Gasteiger partial charge in [0.2, 0.25) is 5.91 Å². The molecule has 0 aliphatic heterocycles. The Labute approximate surface area is 141 Å². The van der Waals surface area contributed by atoms with Crippen LogP contribution in [0.5, 0.6) is 0 Å². The van der Waals surface area contributed by atoms with Crippen LogP contribution in [-0.2, 0) is 11.2 Å². The number of oxazole rings is 1. The minimum atomic E-state index is -0.426. The van der Waals surface area contributed by atoms with Crippen molar-refractivity contribution in [2.24, 2.45) is 0 Å². The number of benzene rings is 1. The predicted octanol–water partition coefficient (Wildman–Crippen LogP) is 2.87. The van der Waals surface area contributed by atoms with E-state index in [9.17, 15) is 9.59 Å². The molecule has 0 saturated heterocycles. The fourth-order valence-electron chi connectivity index (χ4n) is 1.99. The second-order valence-electron chi connectivity index (χ2n) is 4.99. The minimum absolute atomic E-state index is 0.00260. The zero-order chi connectivity index (χ0) is 16.9. The predicted molar refractivity (Wildman–Crippen MR) is 90.1 cm³/mol. The molecule has 0 fully saturated rings. The van der Waals surface area contributed by atoms with Crippen molar-refractivity contribution in [3.05, 3.63) is 59.3 Å². The van der Waals surface area contributed by atoms with Crippen LogP contribution < -0.4 is 10.6 Å². The van der Waals surface area contributed by atoms with E-state index in [2.05, 4.69) is 20.6 Å². The van der Waals surface area contributed by atoms with Gasteiger partial charge in [-0.1, -0.05) is 12.1 Å². The number of carbonyl (C=O) groups is 2. The minimum Gasteiger partial charge on any atom is -0.441 e. The number of carbonyl (C=O) groups excluding carboxylic acids is 2. The van der Waals surface area contributed by atoms with E-state index < -0.39 is 5.91 Å². The number of hydrogen-bond acceptors (Lipinski definition) is 6. The van der Waals surface area contributed by atoms with E-state index in [0.717, 1.165) is 10.4 Å². The first-order chi connectivity index (χ1) is 11.6. The van der Waals surface area contributed by atoms with Crippen molar-refractivity contribution in [3.8, 4) is 0 Å². The van der Waals surface area contributed by atoms with E-state index in [0.29, 0.717) is 10.8 Å². The first-order valence-corrected chi connectivity index (χ1v) is 7.94. The zero-order valence-corrected chi connectivity index (χ0v) is 13.6. The molecule has 2 heterocycles. The van der Waals surface area contributed by atoms with Gasteiger partial charge >= 0.3 is 5.91 Å². The first kappa shape index (κ1) is 15.9. The quantitative estimate of drug-likeness (QED) is 0.743. The van der Waals surface area contributed by atoms with Crippen LogP contribution >= 0.6 is 11.3 Å².